The van der Waals surface area contributed by atoms with Crippen molar-refractivity contribution < 1.29 is 9.18 Å². The van der Waals surface area contributed by atoms with Gasteiger partial charge in [-0.3, -0.25) is 9.89 Å². The van der Waals surface area contributed by atoms with E-state index >= 15 is 0 Å². The third-order valence-electron chi connectivity index (χ3n) is 4.29. The van der Waals surface area contributed by atoms with Crippen LogP contribution < -0.4 is 0 Å². The quantitative estimate of drug-likeness (QED) is 0.652. The summed E-state index contributed by atoms with van der Waals surface area (Å²) in [6.45, 7) is 4.25. The first-order valence-corrected chi connectivity index (χ1v) is 9.69. The molecule has 3 nitrogen and oxygen atoms in total. The first-order chi connectivity index (χ1) is 11.9. The average Bonchev–Trinajstić information content (AvgIpc) is 3.14. The van der Waals surface area contributed by atoms with Gasteiger partial charge in [0.1, 0.15) is 11.5 Å². The van der Waals surface area contributed by atoms with Crippen molar-refractivity contribution in [1.82, 2.24) is 10.2 Å². The summed E-state index contributed by atoms with van der Waals surface area (Å²) in [4.78, 5) is 14.7. The zero-order chi connectivity index (χ0) is 17.6. The van der Waals surface area contributed by atoms with Crippen molar-refractivity contribution >= 4 is 28.9 Å². The summed E-state index contributed by atoms with van der Waals surface area (Å²) in [6, 6.07) is 8.41. The van der Waals surface area contributed by atoms with Crippen LogP contribution in [0, 0.1) is 11.2 Å². The standard InChI is InChI=1S/C19H17FN2OS2/c1-19(2)9-13-16(15(23)10-19)18(24-12-5-3-4-11(20)8-12)25-17(13)14-6-7-21-22-14/h3-8H,9-10H2,1-2H3,(H,21,22). The van der Waals surface area contributed by atoms with Gasteiger partial charge >= 0.3 is 0 Å². The Hall–Kier alpha value is -1.92. The molecule has 0 bridgehead atoms. The van der Waals surface area contributed by atoms with Crippen LogP contribution in [0.5, 0.6) is 0 Å². The van der Waals surface area contributed by atoms with E-state index in [1.807, 2.05) is 12.1 Å². The van der Waals surface area contributed by atoms with Gasteiger partial charge in [-0.05, 0) is 41.7 Å². The number of aromatic nitrogens is 2. The van der Waals surface area contributed by atoms with Crippen molar-refractivity contribution in [2.75, 3.05) is 0 Å². The second-order valence-corrected chi connectivity index (χ2v) is 9.39. The molecule has 6 heteroatoms. The molecule has 4 rings (SSSR count). The molecule has 1 aliphatic carbocycles. The van der Waals surface area contributed by atoms with Gasteiger partial charge < -0.3 is 0 Å². The number of halogens is 1. The van der Waals surface area contributed by atoms with E-state index in [1.54, 1.807) is 23.6 Å². The zero-order valence-electron chi connectivity index (χ0n) is 13.9. The van der Waals surface area contributed by atoms with Gasteiger partial charge in [0.25, 0.3) is 0 Å². The highest BCUT2D eigenvalue weighted by molar-refractivity contribution is 8.01. The van der Waals surface area contributed by atoms with Crippen LogP contribution in [0.25, 0.3) is 10.6 Å². The Kier molecular flexibility index (Phi) is 4.04. The number of hydrogen-bond acceptors (Lipinski definition) is 4. The normalized spacial score (nSPS) is 16.0. The average molecular weight is 372 g/mol. The van der Waals surface area contributed by atoms with E-state index < -0.39 is 0 Å². The molecule has 0 radical (unpaired) electrons. The lowest BCUT2D eigenvalue weighted by molar-refractivity contribution is 0.0910. The van der Waals surface area contributed by atoms with Crippen LogP contribution in [0.2, 0.25) is 0 Å². The maximum atomic E-state index is 13.5. The van der Waals surface area contributed by atoms with Gasteiger partial charge in [-0.15, -0.1) is 11.3 Å². The molecule has 0 saturated carbocycles. The first-order valence-electron chi connectivity index (χ1n) is 8.05. The number of ketones is 1. The number of H-pyrrole nitrogens is 1. The van der Waals surface area contributed by atoms with Crippen LogP contribution in [0.15, 0.2) is 45.6 Å². The molecule has 0 spiro atoms. The van der Waals surface area contributed by atoms with Crippen LogP contribution in [0.3, 0.4) is 0 Å². The zero-order valence-corrected chi connectivity index (χ0v) is 15.6. The van der Waals surface area contributed by atoms with E-state index in [1.165, 1.54) is 23.9 Å². The Balaban J connectivity index is 1.84. The summed E-state index contributed by atoms with van der Waals surface area (Å²) in [5.41, 5.74) is 2.68. The number of fused-ring (bicyclic) bond motifs is 1. The lowest BCUT2D eigenvalue weighted by Gasteiger charge is -2.29. The summed E-state index contributed by atoms with van der Waals surface area (Å²) in [5, 5.41) is 7.16. The SMILES string of the molecule is CC1(C)CC(=O)c2c(Sc3cccc(F)c3)sc(-c3cc[nH]n3)c2C1. The van der Waals surface area contributed by atoms with Crippen molar-refractivity contribution in [2.24, 2.45) is 5.41 Å². The summed E-state index contributed by atoms with van der Waals surface area (Å²) in [7, 11) is 0. The monoisotopic (exact) mass is 372 g/mol. The molecule has 1 aliphatic rings. The fourth-order valence-corrected chi connectivity index (χ4v) is 5.88. The predicted octanol–water partition coefficient (Wildman–Crippen LogP) is 5.58. The lowest BCUT2D eigenvalue weighted by atomic mass is 9.74. The van der Waals surface area contributed by atoms with E-state index in [0.29, 0.717) is 6.42 Å². The van der Waals surface area contributed by atoms with E-state index in [2.05, 4.69) is 24.0 Å². The number of nitrogens with one attached hydrogen (secondary N) is 1. The van der Waals surface area contributed by atoms with Gasteiger partial charge in [-0.2, -0.15) is 5.10 Å². The van der Waals surface area contributed by atoms with Crippen LogP contribution >= 0.6 is 23.1 Å². The predicted molar refractivity (Wildman–Crippen MR) is 98.9 cm³/mol. The molecule has 2 aromatic heterocycles. The van der Waals surface area contributed by atoms with Crippen LogP contribution in [-0.4, -0.2) is 16.0 Å². The number of rotatable bonds is 3. The van der Waals surface area contributed by atoms with Gasteiger partial charge in [0, 0.05) is 23.1 Å². The Labute approximate surface area is 153 Å². The van der Waals surface area contributed by atoms with Crippen molar-refractivity contribution in [3.05, 3.63) is 53.5 Å². The molecular formula is C19H17FN2OS2. The van der Waals surface area contributed by atoms with Gasteiger partial charge in [-0.25, -0.2) is 4.39 Å². The highest BCUT2D eigenvalue weighted by Gasteiger charge is 2.36. The maximum absolute atomic E-state index is 13.5. The minimum absolute atomic E-state index is 0.0585. The molecule has 0 atom stereocenters. The van der Waals surface area contributed by atoms with Crippen molar-refractivity contribution in [3.63, 3.8) is 0 Å². The van der Waals surface area contributed by atoms with Crippen molar-refractivity contribution in [3.8, 4) is 10.6 Å². The summed E-state index contributed by atoms with van der Waals surface area (Å²) in [5.74, 6) is -0.0985. The second-order valence-electron chi connectivity index (χ2n) is 7.03. The molecule has 1 aromatic carbocycles. The smallest absolute Gasteiger partial charge is 0.165 e. The van der Waals surface area contributed by atoms with E-state index in [0.717, 1.165) is 37.2 Å². The number of carbonyl (C=O) groups excluding carboxylic acids is 1. The van der Waals surface area contributed by atoms with Crippen molar-refractivity contribution in [1.29, 1.82) is 0 Å². The molecule has 128 valence electrons. The highest BCUT2D eigenvalue weighted by atomic mass is 32.2. The minimum Gasteiger partial charge on any atom is -0.294 e. The Morgan fingerprint density at radius 2 is 2.12 bits per heavy atom. The molecule has 1 N–H and O–H groups in total. The molecule has 0 amide bonds. The third-order valence-corrected chi connectivity index (χ3v) is 6.72. The molecule has 0 saturated heterocycles. The minimum atomic E-state index is -0.268. The number of benzene rings is 1. The van der Waals surface area contributed by atoms with Crippen LogP contribution in [0.4, 0.5) is 4.39 Å². The van der Waals surface area contributed by atoms with Gasteiger partial charge in [0.2, 0.25) is 0 Å². The number of hydrogen-bond donors (Lipinski definition) is 1. The van der Waals surface area contributed by atoms with Gasteiger partial charge in [0.05, 0.1) is 9.09 Å². The van der Waals surface area contributed by atoms with E-state index in [-0.39, 0.29) is 17.0 Å². The van der Waals surface area contributed by atoms with Crippen LogP contribution in [0.1, 0.15) is 36.2 Å². The second kappa shape index (κ2) is 6.11. The molecule has 0 aliphatic heterocycles. The number of thiophene rings is 1. The molecule has 3 aromatic rings. The number of Topliss-reactive ketones (excluding diaryl/α,β-unsaturated/α-hetero) is 1. The number of aromatic amines is 1. The first kappa shape index (κ1) is 16.5. The van der Waals surface area contributed by atoms with E-state index in [9.17, 15) is 9.18 Å². The maximum Gasteiger partial charge on any atom is 0.165 e. The third kappa shape index (κ3) is 3.16. The molecular weight excluding hydrogens is 355 g/mol. The van der Waals surface area contributed by atoms with Gasteiger partial charge in [0.15, 0.2) is 5.78 Å². The Morgan fingerprint density at radius 3 is 2.84 bits per heavy atom. The lowest BCUT2D eigenvalue weighted by Crippen LogP contribution is -2.26. The van der Waals surface area contributed by atoms with E-state index in [4.69, 9.17) is 0 Å². The highest BCUT2D eigenvalue weighted by Crippen LogP contribution is 2.49. The van der Waals surface area contributed by atoms with Gasteiger partial charge in [-0.1, -0.05) is 31.7 Å². The Bertz CT molecular complexity index is 944. The van der Waals surface area contributed by atoms with Crippen molar-refractivity contribution in [2.45, 2.75) is 35.8 Å². The summed E-state index contributed by atoms with van der Waals surface area (Å²) < 4.78 is 14.5. The molecule has 2 heterocycles. The fraction of sp³-hybridized carbons (Fsp3) is 0.263. The Morgan fingerprint density at radius 1 is 1.28 bits per heavy atom. The largest absolute Gasteiger partial charge is 0.294 e. The summed E-state index contributed by atoms with van der Waals surface area (Å²) >= 11 is 3.03. The molecule has 0 fully saturated rings. The fourth-order valence-electron chi connectivity index (χ4n) is 3.26. The number of nitrogens with zero attached hydrogens (tertiary/aromatic N) is 1. The summed E-state index contributed by atoms with van der Waals surface area (Å²) in [6.07, 6.45) is 3.17. The van der Waals surface area contributed by atoms with Crippen LogP contribution in [-0.2, 0) is 6.42 Å². The molecule has 0 unspecified atom stereocenters. The number of carbonyl (C=O) groups is 1. The topological polar surface area (TPSA) is 45.8 Å². The molecule has 25 heavy (non-hydrogen) atoms.